The van der Waals surface area contributed by atoms with E-state index < -0.39 is 17.5 Å². The van der Waals surface area contributed by atoms with E-state index in [-0.39, 0.29) is 46.7 Å². The number of ketones is 1. The van der Waals surface area contributed by atoms with Crippen molar-refractivity contribution in [1.82, 2.24) is 21.1 Å². The number of carbonyl (C=O) groups is 4. The molecule has 0 bridgehead atoms. The van der Waals surface area contributed by atoms with Crippen molar-refractivity contribution >= 4 is 23.5 Å². The first kappa shape index (κ1) is 23.7. The lowest BCUT2D eigenvalue weighted by atomic mass is 9.85. The molecule has 1 saturated heterocycles. The molecule has 31 heavy (non-hydrogen) atoms. The summed E-state index contributed by atoms with van der Waals surface area (Å²) in [5, 5.41) is 2.78. The zero-order valence-corrected chi connectivity index (χ0v) is 19.7. The van der Waals surface area contributed by atoms with Crippen LogP contribution in [0.4, 0.5) is 0 Å². The Bertz CT molecular complexity index is 757. The number of fused-ring (bicyclic) bond motifs is 1. The monoisotopic (exact) mass is 434 g/mol. The molecule has 0 radical (unpaired) electrons. The number of likely N-dealkylation sites (tertiary alicyclic amines) is 1. The van der Waals surface area contributed by atoms with Crippen molar-refractivity contribution in [3.8, 4) is 0 Å². The van der Waals surface area contributed by atoms with Gasteiger partial charge in [0, 0.05) is 32.4 Å². The lowest BCUT2D eigenvalue weighted by Gasteiger charge is -2.37. The normalized spacial score (nSPS) is 30.4. The van der Waals surface area contributed by atoms with Crippen LogP contribution in [-0.2, 0) is 19.2 Å². The molecule has 1 heterocycles. The van der Waals surface area contributed by atoms with Gasteiger partial charge in [-0.2, -0.15) is 0 Å². The fraction of sp³-hybridized carbons (Fsp3) is 0.826. The number of nitrogens with zero attached hydrogens (tertiary/aromatic N) is 1. The number of nitrogens with one attached hydrogen (secondary N) is 3. The fourth-order valence-electron chi connectivity index (χ4n) is 5.44. The lowest BCUT2D eigenvalue weighted by molar-refractivity contribution is -0.145. The van der Waals surface area contributed by atoms with Crippen molar-refractivity contribution in [2.75, 3.05) is 13.1 Å². The Labute approximate surface area is 185 Å². The molecule has 3 aliphatic rings. The van der Waals surface area contributed by atoms with E-state index in [0.717, 1.165) is 19.3 Å². The van der Waals surface area contributed by atoms with Crippen LogP contribution >= 0.6 is 0 Å². The zero-order chi connectivity index (χ0) is 23.1. The number of Topliss-reactive ketones (excluding diaryl/α,β-unsaturated/α-hetero) is 1. The van der Waals surface area contributed by atoms with Crippen molar-refractivity contribution in [2.24, 2.45) is 28.6 Å². The minimum atomic E-state index is -0.700. The Morgan fingerprint density at radius 2 is 1.87 bits per heavy atom. The standard InChI is InChI=1S/C23H38N4O4/c1-13(28)25-19(22(2,3)4)21(31)27-12-15-17(23(15,5)6)18(27)20(30)26-24-11-14-9-7-8-10-16(14)29/h14-15,17-19,24H,7-12H2,1-6H3,(H,25,28)(H,26,30)/t14-,15-,17-,18-,19+/m0/s1. The number of hydrogen-bond acceptors (Lipinski definition) is 5. The second kappa shape index (κ2) is 8.52. The van der Waals surface area contributed by atoms with Gasteiger partial charge in [0.1, 0.15) is 17.9 Å². The molecular formula is C23H38N4O4. The number of piperidine rings is 1. The topological polar surface area (TPSA) is 108 Å². The number of rotatable bonds is 6. The molecule has 0 spiro atoms. The highest BCUT2D eigenvalue weighted by molar-refractivity contribution is 5.93. The molecule has 5 atom stereocenters. The van der Waals surface area contributed by atoms with E-state index in [1.807, 2.05) is 20.8 Å². The van der Waals surface area contributed by atoms with Crippen LogP contribution in [0, 0.1) is 28.6 Å². The van der Waals surface area contributed by atoms with E-state index in [4.69, 9.17) is 0 Å². The Morgan fingerprint density at radius 1 is 1.19 bits per heavy atom. The Morgan fingerprint density at radius 3 is 2.45 bits per heavy atom. The quantitative estimate of drug-likeness (QED) is 0.548. The molecule has 3 amide bonds. The van der Waals surface area contributed by atoms with Gasteiger partial charge in [-0.3, -0.25) is 24.6 Å². The van der Waals surface area contributed by atoms with E-state index in [1.54, 1.807) is 4.90 Å². The first-order valence-electron chi connectivity index (χ1n) is 11.5. The highest BCUT2D eigenvalue weighted by atomic mass is 16.2. The number of hydrogen-bond donors (Lipinski definition) is 3. The SMILES string of the molecule is CC(=O)N[C@H](C(=O)N1C[C@H]2[C@@H]([C@H]1C(=O)NNC[C@@H]1CCCCC1=O)C2(C)C)C(C)(C)C. The summed E-state index contributed by atoms with van der Waals surface area (Å²) < 4.78 is 0. The Hall–Kier alpha value is -1.96. The van der Waals surface area contributed by atoms with Crippen LogP contribution < -0.4 is 16.2 Å². The number of amides is 3. The van der Waals surface area contributed by atoms with Crippen LogP contribution in [0.15, 0.2) is 0 Å². The highest BCUT2D eigenvalue weighted by Crippen LogP contribution is 2.65. The number of carbonyl (C=O) groups excluding carboxylic acids is 4. The van der Waals surface area contributed by atoms with Crippen molar-refractivity contribution in [3.05, 3.63) is 0 Å². The van der Waals surface area contributed by atoms with Crippen molar-refractivity contribution in [1.29, 1.82) is 0 Å². The first-order valence-corrected chi connectivity index (χ1v) is 11.5. The predicted octanol–water partition coefficient (Wildman–Crippen LogP) is 1.40. The Kier molecular flexibility index (Phi) is 6.52. The molecule has 8 heteroatoms. The molecule has 2 saturated carbocycles. The van der Waals surface area contributed by atoms with E-state index in [9.17, 15) is 19.2 Å². The molecule has 3 rings (SSSR count). The second-order valence-electron chi connectivity index (χ2n) is 11.2. The van der Waals surface area contributed by atoms with Crippen LogP contribution in [-0.4, -0.2) is 53.6 Å². The summed E-state index contributed by atoms with van der Waals surface area (Å²) in [4.78, 5) is 52.0. The molecule has 2 aliphatic carbocycles. The maximum atomic E-state index is 13.4. The summed E-state index contributed by atoms with van der Waals surface area (Å²) in [7, 11) is 0. The van der Waals surface area contributed by atoms with Gasteiger partial charge in [0.2, 0.25) is 11.8 Å². The summed E-state index contributed by atoms with van der Waals surface area (Å²) in [6, 6.07) is -1.28. The van der Waals surface area contributed by atoms with Gasteiger partial charge >= 0.3 is 0 Å². The molecule has 0 aromatic heterocycles. The van der Waals surface area contributed by atoms with Crippen LogP contribution in [0.1, 0.15) is 67.2 Å². The van der Waals surface area contributed by atoms with Gasteiger partial charge < -0.3 is 10.2 Å². The molecule has 3 fully saturated rings. The van der Waals surface area contributed by atoms with Crippen molar-refractivity contribution in [3.63, 3.8) is 0 Å². The molecule has 174 valence electrons. The summed E-state index contributed by atoms with van der Waals surface area (Å²) in [5.74, 6) is -0.184. The minimum Gasteiger partial charge on any atom is -0.344 e. The lowest BCUT2D eigenvalue weighted by Crippen LogP contribution is -2.60. The van der Waals surface area contributed by atoms with Gasteiger partial charge in [0.05, 0.1) is 0 Å². The third-order valence-electron chi connectivity index (χ3n) is 7.46. The van der Waals surface area contributed by atoms with Gasteiger partial charge in [-0.15, -0.1) is 0 Å². The highest BCUT2D eigenvalue weighted by Gasteiger charge is 2.69. The van der Waals surface area contributed by atoms with Gasteiger partial charge in [-0.05, 0) is 35.5 Å². The molecule has 0 aromatic carbocycles. The van der Waals surface area contributed by atoms with Gasteiger partial charge in [-0.25, -0.2) is 5.43 Å². The average Bonchev–Trinajstić information content (AvgIpc) is 3.02. The molecule has 0 unspecified atom stereocenters. The Balaban J connectivity index is 1.69. The third-order valence-corrected chi connectivity index (χ3v) is 7.46. The molecule has 0 aromatic rings. The first-order chi connectivity index (χ1) is 14.4. The van der Waals surface area contributed by atoms with Crippen LogP contribution in [0.2, 0.25) is 0 Å². The van der Waals surface area contributed by atoms with Crippen molar-refractivity contribution < 1.29 is 19.2 Å². The summed E-state index contributed by atoms with van der Waals surface area (Å²) in [5.41, 5.74) is 5.24. The maximum Gasteiger partial charge on any atom is 0.257 e. The minimum absolute atomic E-state index is 0.00333. The predicted molar refractivity (Wildman–Crippen MR) is 116 cm³/mol. The molecule has 8 nitrogen and oxygen atoms in total. The van der Waals surface area contributed by atoms with Crippen LogP contribution in [0.3, 0.4) is 0 Å². The van der Waals surface area contributed by atoms with E-state index in [2.05, 4.69) is 30.0 Å². The molecule has 1 aliphatic heterocycles. The average molecular weight is 435 g/mol. The number of hydrazine groups is 1. The molecular weight excluding hydrogens is 396 g/mol. The van der Waals surface area contributed by atoms with Gasteiger partial charge in [0.15, 0.2) is 0 Å². The largest absolute Gasteiger partial charge is 0.344 e. The summed E-state index contributed by atoms with van der Waals surface area (Å²) >= 11 is 0. The second-order valence-corrected chi connectivity index (χ2v) is 11.2. The van der Waals surface area contributed by atoms with E-state index >= 15 is 0 Å². The van der Waals surface area contributed by atoms with Gasteiger partial charge in [0.25, 0.3) is 5.91 Å². The molecule has 3 N–H and O–H groups in total. The van der Waals surface area contributed by atoms with Crippen molar-refractivity contribution in [2.45, 2.75) is 79.3 Å². The fourth-order valence-corrected chi connectivity index (χ4v) is 5.44. The summed E-state index contributed by atoms with van der Waals surface area (Å²) in [6.07, 6.45) is 3.44. The summed E-state index contributed by atoms with van der Waals surface area (Å²) in [6.45, 7) is 12.3. The van der Waals surface area contributed by atoms with E-state index in [1.165, 1.54) is 6.92 Å². The third kappa shape index (κ3) is 4.78. The smallest absolute Gasteiger partial charge is 0.257 e. The zero-order valence-electron chi connectivity index (χ0n) is 19.7. The van der Waals surface area contributed by atoms with E-state index in [0.29, 0.717) is 19.5 Å². The van der Waals surface area contributed by atoms with Crippen LogP contribution in [0.5, 0.6) is 0 Å². The van der Waals surface area contributed by atoms with Gasteiger partial charge in [-0.1, -0.05) is 41.0 Å². The van der Waals surface area contributed by atoms with Crippen LogP contribution in [0.25, 0.3) is 0 Å². The maximum absolute atomic E-state index is 13.4.